The molecular formula is C25H29FN8O. The van der Waals surface area contributed by atoms with Gasteiger partial charge in [0.1, 0.15) is 11.6 Å². The fourth-order valence-electron chi connectivity index (χ4n) is 4.70. The molecule has 0 bridgehead atoms. The van der Waals surface area contributed by atoms with Crippen LogP contribution in [0, 0.1) is 12.7 Å². The Kier molecular flexibility index (Phi) is 6.21. The summed E-state index contributed by atoms with van der Waals surface area (Å²) in [6, 6.07) is 5.77. The van der Waals surface area contributed by atoms with Gasteiger partial charge in [-0.1, -0.05) is 13.0 Å². The molecule has 3 aromatic heterocycles. The molecule has 4 aromatic rings. The van der Waals surface area contributed by atoms with Crippen molar-refractivity contribution in [1.29, 1.82) is 0 Å². The third-order valence-electron chi connectivity index (χ3n) is 6.49. The number of rotatable bonds is 6. The average Bonchev–Trinajstić information content (AvgIpc) is 3.48. The van der Waals surface area contributed by atoms with Crippen molar-refractivity contribution in [1.82, 2.24) is 35.1 Å². The molecule has 182 valence electrons. The van der Waals surface area contributed by atoms with Gasteiger partial charge >= 0.3 is 0 Å². The van der Waals surface area contributed by atoms with Crippen LogP contribution < -0.4 is 10.9 Å². The summed E-state index contributed by atoms with van der Waals surface area (Å²) in [6.07, 6.45) is 6.12. The van der Waals surface area contributed by atoms with E-state index in [1.807, 2.05) is 50.2 Å². The lowest BCUT2D eigenvalue weighted by Gasteiger charge is -2.33. The third-order valence-corrected chi connectivity index (χ3v) is 6.49. The zero-order valence-corrected chi connectivity index (χ0v) is 20.1. The Balaban J connectivity index is 1.36. The first-order valence-corrected chi connectivity index (χ1v) is 11.9. The van der Waals surface area contributed by atoms with Gasteiger partial charge in [-0.2, -0.15) is 5.10 Å². The van der Waals surface area contributed by atoms with Gasteiger partial charge in [0.05, 0.1) is 34.7 Å². The minimum Gasteiger partial charge on any atom is -0.339 e. The summed E-state index contributed by atoms with van der Waals surface area (Å²) < 4.78 is 16.7. The highest BCUT2D eigenvalue weighted by atomic mass is 19.1. The molecule has 1 aliphatic heterocycles. The molecule has 0 spiro atoms. The number of amides is 1. The van der Waals surface area contributed by atoms with E-state index >= 15 is 4.39 Å². The SMILES string of the molecule is CCNNc1cc(C)ccc1C(=O)N1CCC(c2c(F)cnc3nc(-c4cnn(C)c4)[nH]c23)CC1. The number of piperidine rings is 1. The van der Waals surface area contributed by atoms with Crippen molar-refractivity contribution in [3.05, 3.63) is 59.3 Å². The number of H-pyrrole nitrogens is 1. The molecule has 0 radical (unpaired) electrons. The van der Waals surface area contributed by atoms with E-state index in [0.717, 1.165) is 23.4 Å². The summed E-state index contributed by atoms with van der Waals surface area (Å²) in [5.74, 6) is 0.202. The molecule has 1 aliphatic rings. The first-order chi connectivity index (χ1) is 16.9. The second-order valence-corrected chi connectivity index (χ2v) is 8.98. The van der Waals surface area contributed by atoms with Crippen molar-refractivity contribution in [2.24, 2.45) is 7.05 Å². The van der Waals surface area contributed by atoms with E-state index in [2.05, 4.69) is 30.9 Å². The third kappa shape index (κ3) is 4.49. The number of carbonyl (C=O) groups excluding carboxylic acids is 1. The number of halogens is 1. The topological polar surface area (TPSA) is 104 Å². The van der Waals surface area contributed by atoms with Crippen LogP contribution in [0.1, 0.15) is 47.2 Å². The lowest BCUT2D eigenvalue weighted by Crippen LogP contribution is -2.38. The minimum absolute atomic E-state index is 0.0235. The maximum absolute atomic E-state index is 15.0. The second kappa shape index (κ2) is 9.46. The molecule has 0 atom stereocenters. The van der Waals surface area contributed by atoms with E-state index in [1.54, 1.807) is 10.9 Å². The van der Waals surface area contributed by atoms with Gasteiger partial charge in [0.2, 0.25) is 0 Å². The number of aromatic nitrogens is 5. The van der Waals surface area contributed by atoms with Crippen molar-refractivity contribution in [3.63, 3.8) is 0 Å². The van der Waals surface area contributed by atoms with Crippen LogP contribution in [0.15, 0.2) is 36.8 Å². The molecular weight excluding hydrogens is 447 g/mol. The van der Waals surface area contributed by atoms with E-state index in [1.165, 1.54) is 6.20 Å². The Hall–Kier alpha value is -3.79. The number of hydrogen-bond acceptors (Lipinski definition) is 6. The first-order valence-electron chi connectivity index (χ1n) is 11.9. The van der Waals surface area contributed by atoms with Gasteiger partial charge in [-0.3, -0.25) is 9.48 Å². The number of imidazole rings is 1. The number of likely N-dealkylation sites (tertiary alicyclic amines) is 1. The molecule has 9 nitrogen and oxygen atoms in total. The highest BCUT2D eigenvalue weighted by molar-refractivity contribution is 5.99. The molecule has 4 heterocycles. The number of aryl methyl sites for hydroxylation is 2. The van der Waals surface area contributed by atoms with E-state index < -0.39 is 0 Å². The van der Waals surface area contributed by atoms with Crippen molar-refractivity contribution in [2.45, 2.75) is 32.6 Å². The summed E-state index contributed by atoms with van der Waals surface area (Å²) in [5, 5.41) is 4.19. The van der Waals surface area contributed by atoms with Gasteiger partial charge in [0.15, 0.2) is 5.65 Å². The van der Waals surface area contributed by atoms with Crippen molar-refractivity contribution in [2.75, 3.05) is 25.1 Å². The lowest BCUT2D eigenvalue weighted by atomic mass is 9.88. The van der Waals surface area contributed by atoms with Crippen LogP contribution in [0.5, 0.6) is 0 Å². The number of carbonyl (C=O) groups is 1. The first kappa shape index (κ1) is 23.0. The van der Waals surface area contributed by atoms with Gasteiger partial charge < -0.3 is 15.3 Å². The Morgan fingerprint density at radius 2 is 2.06 bits per heavy atom. The lowest BCUT2D eigenvalue weighted by molar-refractivity contribution is 0.0713. The molecule has 1 aromatic carbocycles. The quantitative estimate of drug-likeness (QED) is 0.366. The Morgan fingerprint density at radius 1 is 1.26 bits per heavy atom. The van der Waals surface area contributed by atoms with Crippen molar-refractivity contribution >= 4 is 22.8 Å². The molecule has 5 rings (SSSR count). The number of benzene rings is 1. The average molecular weight is 477 g/mol. The van der Waals surface area contributed by atoms with E-state index in [4.69, 9.17) is 0 Å². The molecule has 1 amide bonds. The minimum atomic E-state index is -0.348. The predicted octanol–water partition coefficient (Wildman–Crippen LogP) is 3.76. The number of fused-ring (bicyclic) bond motifs is 1. The highest BCUT2D eigenvalue weighted by Crippen LogP contribution is 2.35. The smallest absolute Gasteiger partial charge is 0.256 e. The summed E-state index contributed by atoms with van der Waals surface area (Å²) in [5.41, 5.74) is 11.2. The number of hydrazine groups is 1. The second-order valence-electron chi connectivity index (χ2n) is 8.98. The zero-order chi connectivity index (χ0) is 24.5. The van der Waals surface area contributed by atoms with Gasteiger partial charge in [0.25, 0.3) is 5.91 Å². The molecule has 3 N–H and O–H groups in total. The van der Waals surface area contributed by atoms with E-state index in [-0.39, 0.29) is 17.6 Å². The molecule has 35 heavy (non-hydrogen) atoms. The molecule has 1 saturated heterocycles. The van der Waals surface area contributed by atoms with Crippen LogP contribution >= 0.6 is 0 Å². The van der Waals surface area contributed by atoms with Crippen molar-refractivity contribution in [3.8, 4) is 11.4 Å². The standard InChI is InChI=1S/C25H29FN8O/c1-4-28-32-20-11-15(2)5-6-18(20)25(35)34-9-7-16(8-10-34)21-19(26)13-27-24-22(21)30-23(31-24)17-12-29-33(3)14-17/h5-6,11-14,16,28,32H,4,7-10H2,1-3H3,(H,27,30,31). The monoisotopic (exact) mass is 476 g/mol. The number of nitrogens with zero attached hydrogens (tertiary/aromatic N) is 5. The normalized spacial score (nSPS) is 14.6. The summed E-state index contributed by atoms with van der Waals surface area (Å²) in [4.78, 5) is 27.2. The maximum Gasteiger partial charge on any atom is 0.256 e. The van der Waals surface area contributed by atoms with Crippen LogP contribution in [0.4, 0.5) is 10.1 Å². The van der Waals surface area contributed by atoms with Gasteiger partial charge in [-0.25, -0.2) is 19.8 Å². The number of pyridine rings is 1. The Labute approximate surface area is 202 Å². The van der Waals surface area contributed by atoms with Crippen LogP contribution in [-0.2, 0) is 7.05 Å². The van der Waals surface area contributed by atoms with Crippen LogP contribution in [-0.4, -0.2) is 55.2 Å². The molecule has 10 heteroatoms. The van der Waals surface area contributed by atoms with Gasteiger partial charge in [0, 0.05) is 38.4 Å². The van der Waals surface area contributed by atoms with Crippen molar-refractivity contribution < 1.29 is 9.18 Å². The fourth-order valence-corrected chi connectivity index (χ4v) is 4.70. The number of aromatic amines is 1. The van der Waals surface area contributed by atoms with Crippen LogP contribution in [0.2, 0.25) is 0 Å². The van der Waals surface area contributed by atoms with E-state index in [9.17, 15) is 4.79 Å². The maximum atomic E-state index is 15.0. The summed E-state index contributed by atoms with van der Waals surface area (Å²) in [6.45, 7) is 5.81. The van der Waals surface area contributed by atoms with Crippen LogP contribution in [0.3, 0.4) is 0 Å². The van der Waals surface area contributed by atoms with E-state index in [0.29, 0.717) is 54.0 Å². The summed E-state index contributed by atoms with van der Waals surface area (Å²) in [7, 11) is 1.83. The number of anilines is 1. The zero-order valence-electron chi connectivity index (χ0n) is 20.1. The Morgan fingerprint density at radius 3 is 2.77 bits per heavy atom. The molecule has 0 aliphatic carbocycles. The van der Waals surface area contributed by atoms with Crippen LogP contribution in [0.25, 0.3) is 22.6 Å². The number of hydrogen-bond donors (Lipinski definition) is 3. The molecule has 0 saturated carbocycles. The molecule has 1 fully saturated rings. The van der Waals surface area contributed by atoms with Gasteiger partial charge in [-0.05, 0) is 43.4 Å². The number of nitrogens with one attached hydrogen (secondary N) is 3. The Bertz CT molecular complexity index is 1370. The van der Waals surface area contributed by atoms with Gasteiger partial charge in [-0.15, -0.1) is 0 Å². The largest absolute Gasteiger partial charge is 0.339 e. The molecule has 0 unspecified atom stereocenters. The summed E-state index contributed by atoms with van der Waals surface area (Å²) >= 11 is 0. The highest BCUT2D eigenvalue weighted by Gasteiger charge is 2.29. The predicted molar refractivity (Wildman–Crippen MR) is 132 cm³/mol. The fraction of sp³-hybridized carbons (Fsp3) is 0.360.